The molecule has 0 radical (unpaired) electrons. The molecule has 1 aromatic carbocycles. The average molecular weight is 191 g/mol. The average Bonchev–Trinajstić information content (AvgIpc) is 2.18. The molecule has 1 aromatic rings. The summed E-state index contributed by atoms with van der Waals surface area (Å²) in [5, 5.41) is 9.27. The number of hydrogen-bond acceptors (Lipinski definition) is 2. The van der Waals surface area contributed by atoms with E-state index in [1.165, 1.54) is 5.56 Å². The Kier molecular flexibility index (Phi) is 2.85. The number of likely N-dealkylation sites (tertiary alicyclic amines) is 1. The van der Waals surface area contributed by atoms with E-state index >= 15 is 0 Å². The Morgan fingerprint density at radius 1 is 1.36 bits per heavy atom. The fraction of sp³-hybridized carbons (Fsp3) is 0.500. The van der Waals surface area contributed by atoms with Crippen molar-refractivity contribution in [2.75, 3.05) is 13.1 Å². The van der Waals surface area contributed by atoms with Gasteiger partial charge in [0, 0.05) is 19.1 Å². The lowest BCUT2D eigenvalue weighted by molar-refractivity contribution is -0.0265. The predicted molar refractivity (Wildman–Crippen MR) is 57.1 cm³/mol. The zero-order valence-corrected chi connectivity index (χ0v) is 8.56. The first kappa shape index (κ1) is 9.69. The van der Waals surface area contributed by atoms with Gasteiger partial charge in [-0.1, -0.05) is 37.3 Å². The van der Waals surface area contributed by atoms with Crippen molar-refractivity contribution in [1.82, 2.24) is 4.90 Å². The van der Waals surface area contributed by atoms with E-state index in [9.17, 15) is 5.11 Å². The third kappa shape index (κ3) is 1.81. The van der Waals surface area contributed by atoms with Gasteiger partial charge in [0.05, 0.1) is 6.10 Å². The van der Waals surface area contributed by atoms with E-state index in [0.717, 1.165) is 19.5 Å². The molecule has 1 atom stereocenters. The van der Waals surface area contributed by atoms with Gasteiger partial charge >= 0.3 is 0 Å². The minimum Gasteiger partial charge on any atom is -0.390 e. The highest BCUT2D eigenvalue weighted by atomic mass is 16.3. The van der Waals surface area contributed by atoms with E-state index in [2.05, 4.69) is 36.1 Å². The quantitative estimate of drug-likeness (QED) is 0.787. The van der Waals surface area contributed by atoms with Crippen LogP contribution in [0.1, 0.15) is 24.9 Å². The zero-order valence-electron chi connectivity index (χ0n) is 8.56. The lowest BCUT2D eigenvalue weighted by atomic mass is 9.98. The molecule has 1 aliphatic heterocycles. The molecule has 1 N–H and O–H groups in total. The molecular formula is C12H17NO. The molecule has 0 spiro atoms. The van der Waals surface area contributed by atoms with Crippen molar-refractivity contribution in [3.63, 3.8) is 0 Å². The Hall–Kier alpha value is -0.860. The van der Waals surface area contributed by atoms with E-state index in [1.807, 2.05) is 6.07 Å². The summed E-state index contributed by atoms with van der Waals surface area (Å²) in [6.45, 7) is 3.85. The SMILES string of the molecule is CCC(c1ccccc1)N1CC(O)C1. The molecule has 1 saturated heterocycles. The van der Waals surface area contributed by atoms with Crippen LogP contribution in [0.4, 0.5) is 0 Å². The molecule has 2 heteroatoms. The number of aliphatic hydroxyl groups excluding tert-OH is 1. The van der Waals surface area contributed by atoms with Crippen molar-refractivity contribution in [2.24, 2.45) is 0 Å². The Bertz CT molecular complexity index is 280. The van der Waals surface area contributed by atoms with Crippen molar-refractivity contribution in [3.8, 4) is 0 Å². The summed E-state index contributed by atoms with van der Waals surface area (Å²) in [6.07, 6.45) is 1.00. The van der Waals surface area contributed by atoms with Gasteiger partial charge in [-0.15, -0.1) is 0 Å². The van der Waals surface area contributed by atoms with Gasteiger partial charge in [0.2, 0.25) is 0 Å². The van der Waals surface area contributed by atoms with Crippen LogP contribution in [-0.4, -0.2) is 29.2 Å². The summed E-state index contributed by atoms with van der Waals surface area (Å²) in [7, 11) is 0. The lowest BCUT2D eigenvalue weighted by Crippen LogP contribution is -2.51. The molecule has 0 amide bonds. The Morgan fingerprint density at radius 2 is 2.00 bits per heavy atom. The van der Waals surface area contributed by atoms with E-state index in [4.69, 9.17) is 0 Å². The smallest absolute Gasteiger partial charge is 0.0794 e. The van der Waals surface area contributed by atoms with Crippen LogP contribution in [0.5, 0.6) is 0 Å². The molecule has 0 aromatic heterocycles. The van der Waals surface area contributed by atoms with Gasteiger partial charge in [-0.3, -0.25) is 4.90 Å². The summed E-state index contributed by atoms with van der Waals surface area (Å²) in [6, 6.07) is 11.0. The standard InChI is InChI=1S/C12H17NO/c1-2-12(13-8-11(14)9-13)10-6-4-3-5-7-10/h3-7,11-12,14H,2,8-9H2,1H3. The Balaban J connectivity index is 2.07. The second-order valence-electron chi connectivity index (χ2n) is 3.94. The lowest BCUT2D eigenvalue weighted by Gasteiger charge is -2.41. The van der Waals surface area contributed by atoms with Gasteiger partial charge in [-0.05, 0) is 12.0 Å². The third-order valence-corrected chi connectivity index (χ3v) is 2.90. The highest BCUT2D eigenvalue weighted by Crippen LogP contribution is 2.28. The van der Waals surface area contributed by atoms with E-state index < -0.39 is 0 Å². The zero-order chi connectivity index (χ0) is 9.97. The van der Waals surface area contributed by atoms with Crippen LogP contribution in [-0.2, 0) is 0 Å². The van der Waals surface area contributed by atoms with E-state index in [0.29, 0.717) is 6.04 Å². The van der Waals surface area contributed by atoms with Crippen LogP contribution in [0.15, 0.2) is 30.3 Å². The Labute approximate surface area is 85.2 Å². The van der Waals surface area contributed by atoms with Crippen LogP contribution in [0.25, 0.3) is 0 Å². The molecule has 14 heavy (non-hydrogen) atoms. The number of nitrogens with zero attached hydrogens (tertiary/aromatic N) is 1. The highest BCUT2D eigenvalue weighted by molar-refractivity contribution is 5.19. The number of hydrogen-bond donors (Lipinski definition) is 1. The summed E-state index contributed by atoms with van der Waals surface area (Å²) in [5.41, 5.74) is 1.36. The minimum atomic E-state index is -0.104. The van der Waals surface area contributed by atoms with Gasteiger partial charge in [-0.2, -0.15) is 0 Å². The summed E-state index contributed by atoms with van der Waals surface area (Å²) in [5.74, 6) is 0. The van der Waals surface area contributed by atoms with Gasteiger partial charge in [0.15, 0.2) is 0 Å². The minimum absolute atomic E-state index is 0.104. The largest absolute Gasteiger partial charge is 0.390 e. The maximum atomic E-state index is 9.27. The molecule has 1 aliphatic rings. The van der Waals surface area contributed by atoms with Gasteiger partial charge in [0.25, 0.3) is 0 Å². The monoisotopic (exact) mass is 191 g/mol. The van der Waals surface area contributed by atoms with Crippen LogP contribution < -0.4 is 0 Å². The molecule has 0 aliphatic carbocycles. The summed E-state index contributed by atoms with van der Waals surface area (Å²) < 4.78 is 0. The fourth-order valence-electron chi connectivity index (χ4n) is 2.12. The molecule has 0 bridgehead atoms. The molecule has 76 valence electrons. The second-order valence-corrected chi connectivity index (χ2v) is 3.94. The molecule has 1 heterocycles. The van der Waals surface area contributed by atoms with Gasteiger partial charge < -0.3 is 5.11 Å². The second kappa shape index (κ2) is 4.11. The van der Waals surface area contributed by atoms with Crippen molar-refractivity contribution in [1.29, 1.82) is 0 Å². The summed E-state index contributed by atoms with van der Waals surface area (Å²) >= 11 is 0. The first-order valence-electron chi connectivity index (χ1n) is 5.28. The maximum Gasteiger partial charge on any atom is 0.0794 e. The molecular weight excluding hydrogens is 174 g/mol. The summed E-state index contributed by atoms with van der Waals surface area (Å²) in [4.78, 5) is 2.33. The predicted octanol–water partition coefficient (Wildman–Crippen LogP) is 1.81. The maximum absolute atomic E-state index is 9.27. The van der Waals surface area contributed by atoms with Crippen molar-refractivity contribution in [3.05, 3.63) is 35.9 Å². The molecule has 0 saturated carbocycles. The van der Waals surface area contributed by atoms with Crippen LogP contribution >= 0.6 is 0 Å². The van der Waals surface area contributed by atoms with E-state index in [-0.39, 0.29) is 6.10 Å². The first-order valence-corrected chi connectivity index (χ1v) is 5.28. The first-order chi connectivity index (χ1) is 6.81. The molecule has 2 nitrogen and oxygen atoms in total. The molecule has 2 rings (SSSR count). The van der Waals surface area contributed by atoms with E-state index in [1.54, 1.807) is 0 Å². The topological polar surface area (TPSA) is 23.5 Å². The normalized spacial score (nSPS) is 20.4. The van der Waals surface area contributed by atoms with Crippen LogP contribution in [0, 0.1) is 0 Å². The van der Waals surface area contributed by atoms with Gasteiger partial charge in [0.1, 0.15) is 0 Å². The van der Waals surface area contributed by atoms with Gasteiger partial charge in [-0.25, -0.2) is 0 Å². The third-order valence-electron chi connectivity index (χ3n) is 2.90. The molecule has 1 fully saturated rings. The highest BCUT2D eigenvalue weighted by Gasteiger charge is 2.30. The number of rotatable bonds is 3. The van der Waals surface area contributed by atoms with Crippen LogP contribution in [0.2, 0.25) is 0 Å². The number of aliphatic hydroxyl groups is 1. The van der Waals surface area contributed by atoms with Crippen molar-refractivity contribution >= 4 is 0 Å². The molecule has 1 unspecified atom stereocenters. The number of benzene rings is 1. The van der Waals surface area contributed by atoms with Crippen molar-refractivity contribution in [2.45, 2.75) is 25.5 Å². The Morgan fingerprint density at radius 3 is 2.50 bits per heavy atom. The van der Waals surface area contributed by atoms with Crippen LogP contribution in [0.3, 0.4) is 0 Å². The van der Waals surface area contributed by atoms with Crippen molar-refractivity contribution < 1.29 is 5.11 Å². The fourth-order valence-corrected chi connectivity index (χ4v) is 2.12. The number of β-amino-alcohol motifs (C(OH)–C–C–N with tert-alkyl or cyclic N) is 1.